The van der Waals surface area contributed by atoms with Gasteiger partial charge in [0, 0.05) is 24.1 Å². The first-order valence-corrected chi connectivity index (χ1v) is 10.3. The number of rotatable bonds is 4. The number of fused-ring (bicyclic) bond motifs is 1. The maximum Gasteiger partial charge on any atom is 0.332 e. The average molecular weight is 459 g/mol. The van der Waals surface area contributed by atoms with Crippen molar-refractivity contribution in [3.05, 3.63) is 84.0 Å². The highest BCUT2D eigenvalue weighted by Gasteiger charge is 2.20. The quantitative estimate of drug-likeness (QED) is 0.459. The zero-order valence-corrected chi connectivity index (χ0v) is 19.0. The summed E-state index contributed by atoms with van der Waals surface area (Å²) in [6.45, 7) is 3.95. The predicted molar refractivity (Wildman–Crippen MR) is 122 cm³/mol. The molecule has 160 valence electrons. The molecular weight excluding hydrogens is 439 g/mol. The minimum absolute atomic E-state index is 0.00982. The Hall–Kier alpha value is -3.03. The molecule has 0 spiro atoms. The third kappa shape index (κ3) is 3.86. The Balaban J connectivity index is 1.85. The Morgan fingerprint density at radius 2 is 1.65 bits per heavy atom. The van der Waals surface area contributed by atoms with Gasteiger partial charge in [-0.25, -0.2) is 4.79 Å². The zero-order valence-electron chi connectivity index (χ0n) is 17.4. The van der Waals surface area contributed by atoms with Crippen LogP contribution in [-0.2, 0) is 20.6 Å². The van der Waals surface area contributed by atoms with Gasteiger partial charge in [0.1, 0.15) is 5.75 Å². The molecule has 0 saturated carbocycles. The standard InChI is InChI=1S/C22H20Cl2N4O3/c1-12-7-13(2)9-16(8-12)31-21-25-19-18(26(21)3)20(29)28(22(30)27(19)4)11-14-5-6-15(23)10-17(14)24/h5-10H,11H2,1-4H3. The molecule has 2 aromatic carbocycles. The second kappa shape index (κ2) is 7.90. The summed E-state index contributed by atoms with van der Waals surface area (Å²) in [7, 11) is 3.25. The monoisotopic (exact) mass is 458 g/mol. The number of nitrogens with zero attached hydrogens (tertiary/aromatic N) is 4. The van der Waals surface area contributed by atoms with Crippen molar-refractivity contribution in [3.63, 3.8) is 0 Å². The van der Waals surface area contributed by atoms with E-state index in [2.05, 4.69) is 4.98 Å². The molecule has 0 aliphatic rings. The van der Waals surface area contributed by atoms with E-state index in [1.165, 1.54) is 4.57 Å². The van der Waals surface area contributed by atoms with Crippen LogP contribution in [0, 0.1) is 13.8 Å². The van der Waals surface area contributed by atoms with Crippen LogP contribution < -0.4 is 16.0 Å². The van der Waals surface area contributed by atoms with Crippen LogP contribution in [0.3, 0.4) is 0 Å². The molecule has 0 N–H and O–H groups in total. The molecule has 31 heavy (non-hydrogen) atoms. The smallest absolute Gasteiger partial charge is 0.332 e. The van der Waals surface area contributed by atoms with Crippen molar-refractivity contribution in [1.82, 2.24) is 18.7 Å². The Bertz CT molecular complexity index is 1430. The fourth-order valence-electron chi connectivity index (χ4n) is 3.57. The number of hydrogen-bond acceptors (Lipinski definition) is 4. The summed E-state index contributed by atoms with van der Waals surface area (Å²) in [6, 6.07) is 10.9. The lowest BCUT2D eigenvalue weighted by atomic mass is 10.1. The van der Waals surface area contributed by atoms with Gasteiger partial charge in [-0.2, -0.15) is 4.98 Å². The molecule has 9 heteroatoms. The molecule has 2 heterocycles. The van der Waals surface area contributed by atoms with E-state index >= 15 is 0 Å². The number of aromatic nitrogens is 4. The number of imidazole rings is 1. The van der Waals surface area contributed by atoms with Crippen molar-refractivity contribution >= 4 is 34.4 Å². The van der Waals surface area contributed by atoms with Gasteiger partial charge in [0.05, 0.1) is 6.54 Å². The first kappa shape index (κ1) is 21.2. The molecule has 4 rings (SSSR count). The third-order valence-electron chi connectivity index (χ3n) is 5.07. The van der Waals surface area contributed by atoms with E-state index in [0.717, 1.165) is 15.7 Å². The normalized spacial score (nSPS) is 11.3. The molecule has 0 aliphatic heterocycles. The van der Waals surface area contributed by atoms with Crippen molar-refractivity contribution in [2.45, 2.75) is 20.4 Å². The first-order chi connectivity index (χ1) is 14.7. The SMILES string of the molecule is Cc1cc(C)cc(Oc2nc3c(c(=O)n(Cc4ccc(Cl)cc4Cl)c(=O)n3C)n2C)c1. The van der Waals surface area contributed by atoms with Crippen LogP contribution in [0.5, 0.6) is 11.8 Å². The molecule has 0 unspecified atom stereocenters. The number of halogens is 2. The van der Waals surface area contributed by atoms with E-state index < -0.39 is 11.2 Å². The van der Waals surface area contributed by atoms with E-state index in [-0.39, 0.29) is 23.7 Å². The first-order valence-electron chi connectivity index (χ1n) is 9.52. The summed E-state index contributed by atoms with van der Waals surface area (Å²) in [5.41, 5.74) is 2.22. The van der Waals surface area contributed by atoms with E-state index in [1.54, 1.807) is 36.9 Å². The van der Waals surface area contributed by atoms with E-state index in [0.29, 0.717) is 21.4 Å². The minimum Gasteiger partial charge on any atom is -0.425 e. The molecule has 2 aromatic heterocycles. The van der Waals surface area contributed by atoms with Gasteiger partial charge in [0.2, 0.25) is 0 Å². The molecule has 0 radical (unpaired) electrons. The molecule has 7 nitrogen and oxygen atoms in total. The second-order valence-corrected chi connectivity index (χ2v) is 8.36. The second-order valence-electron chi connectivity index (χ2n) is 7.52. The van der Waals surface area contributed by atoms with Gasteiger partial charge in [-0.3, -0.25) is 18.5 Å². The lowest BCUT2D eigenvalue weighted by Crippen LogP contribution is -2.39. The van der Waals surface area contributed by atoms with E-state index in [4.69, 9.17) is 27.9 Å². The van der Waals surface area contributed by atoms with Crippen molar-refractivity contribution in [3.8, 4) is 11.8 Å². The molecule has 4 aromatic rings. The number of ether oxygens (including phenoxy) is 1. The summed E-state index contributed by atoms with van der Waals surface area (Å²) in [4.78, 5) is 30.6. The number of benzene rings is 2. The summed E-state index contributed by atoms with van der Waals surface area (Å²) < 4.78 is 9.95. The maximum atomic E-state index is 13.2. The number of aryl methyl sites for hydroxylation is 4. The largest absolute Gasteiger partial charge is 0.425 e. The Kier molecular flexibility index (Phi) is 5.41. The topological polar surface area (TPSA) is 71.1 Å². The molecule has 0 fully saturated rings. The van der Waals surface area contributed by atoms with Gasteiger partial charge in [0.15, 0.2) is 11.2 Å². The van der Waals surface area contributed by atoms with Crippen molar-refractivity contribution in [2.75, 3.05) is 0 Å². The van der Waals surface area contributed by atoms with Gasteiger partial charge in [-0.1, -0.05) is 35.3 Å². The highest BCUT2D eigenvalue weighted by atomic mass is 35.5. The van der Waals surface area contributed by atoms with Crippen LogP contribution >= 0.6 is 23.2 Å². The van der Waals surface area contributed by atoms with Crippen LogP contribution in [0.25, 0.3) is 11.2 Å². The van der Waals surface area contributed by atoms with Crippen LogP contribution in [0.15, 0.2) is 46.0 Å². The van der Waals surface area contributed by atoms with Gasteiger partial charge < -0.3 is 4.74 Å². The van der Waals surface area contributed by atoms with Crippen LogP contribution in [0.1, 0.15) is 16.7 Å². The molecule has 0 atom stereocenters. The Morgan fingerprint density at radius 1 is 0.968 bits per heavy atom. The van der Waals surface area contributed by atoms with Crippen molar-refractivity contribution in [2.24, 2.45) is 14.1 Å². The average Bonchev–Trinajstić information content (AvgIpc) is 3.00. The highest BCUT2D eigenvalue weighted by molar-refractivity contribution is 6.35. The van der Waals surface area contributed by atoms with Gasteiger partial charge >= 0.3 is 11.7 Å². The van der Waals surface area contributed by atoms with Gasteiger partial charge in [0.25, 0.3) is 5.56 Å². The summed E-state index contributed by atoms with van der Waals surface area (Å²) in [5, 5.41) is 0.856. The lowest BCUT2D eigenvalue weighted by molar-refractivity contribution is 0.427. The molecule has 0 bridgehead atoms. The Labute approximate surface area is 188 Å². The zero-order chi connectivity index (χ0) is 22.4. The third-order valence-corrected chi connectivity index (χ3v) is 5.65. The van der Waals surface area contributed by atoms with Crippen LogP contribution in [-0.4, -0.2) is 18.7 Å². The van der Waals surface area contributed by atoms with Crippen molar-refractivity contribution in [1.29, 1.82) is 0 Å². The summed E-state index contributed by atoms with van der Waals surface area (Å²) >= 11 is 12.2. The maximum absolute atomic E-state index is 13.2. The summed E-state index contributed by atoms with van der Waals surface area (Å²) in [6.07, 6.45) is 0. The lowest BCUT2D eigenvalue weighted by Gasteiger charge is -2.10. The fraction of sp³-hybridized carbons (Fsp3) is 0.227. The molecule has 0 amide bonds. The van der Waals surface area contributed by atoms with Crippen LogP contribution in [0.4, 0.5) is 0 Å². The highest BCUT2D eigenvalue weighted by Crippen LogP contribution is 2.25. The van der Waals surface area contributed by atoms with Crippen molar-refractivity contribution < 1.29 is 4.74 Å². The fourth-order valence-corrected chi connectivity index (χ4v) is 4.04. The summed E-state index contributed by atoms with van der Waals surface area (Å²) in [5.74, 6) is 0.606. The molecule has 0 aliphatic carbocycles. The molecular formula is C22H20Cl2N4O3. The Morgan fingerprint density at radius 3 is 2.29 bits per heavy atom. The van der Waals surface area contributed by atoms with Gasteiger partial charge in [-0.05, 0) is 54.8 Å². The van der Waals surface area contributed by atoms with Gasteiger partial charge in [-0.15, -0.1) is 0 Å². The minimum atomic E-state index is -0.500. The predicted octanol–water partition coefficient (Wildman–Crippen LogP) is 4.20. The van der Waals surface area contributed by atoms with Crippen LogP contribution in [0.2, 0.25) is 10.0 Å². The molecule has 0 saturated heterocycles. The van der Waals surface area contributed by atoms with E-state index in [1.807, 2.05) is 32.0 Å². The number of hydrogen-bond donors (Lipinski definition) is 0. The van der Waals surface area contributed by atoms with E-state index in [9.17, 15) is 9.59 Å².